The number of nitrogens with one attached hydrogen (secondary N) is 1. The van der Waals surface area contributed by atoms with Gasteiger partial charge in [-0.15, -0.1) is 0 Å². The Hall–Kier alpha value is -3.11. The van der Waals surface area contributed by atoms with Crippen molar-refractivity contribution >= 4 is 27.6 Å². The van der Waals surface area contributed by atoms with Gasteiger partial charge < -0.3 is 19.5 Å². The van der Waals surface area contributed by atoms with Crippen molar-refractivity contribution in [3.8, 4) is 11.5 Å². The molecule has 0 unspecified atom stereocenters. The van der Waals surface area contributed by atoms with Crippen LogP contribution in [0, 0.1) is 0 Å². The molecular weight excluding hydrogens is 412 g/mol. The zero-order valence-electron chi connectivity index (χ0n) is 16.7. The molecular formula is C20H24N2O7S. The zero-order valence-corrected chi connectivity index (χ0v) is 17.5. The summed E-state index contributed by atoms with van der Waals surface area (Å²) in [5.41, 5.74) is 0.350. The molecule has 9 nitrogen and oxygen atoms in total. The van der Waals surface area contributed by atoms with Crippen molar-refractivity contribution in [2.75, 3.05) is 19.0 Å². The Morgan fingerprint density at radius 3 is 2.20 bits per heavy atom. The van der Waals surface area contributed by atoms with Crippen LogP contribution in [0.1, 0.15) is 19.8 Å². The third-order valence-corrected chi connectivity index (χ3v) is 4.91. The molecule has 0 heterocycles. The highest BCUT2D eigenvalue weighted by atomic mass is 32.2. The maximum Gasteiger partial charge on any atom is 0.306 e. The summed E-state index contributed by atoms with van der Waals surface area (Å²) < 4.78 is 38.2. The molecule has 0 saturated carbocycles. The van der Waals surface area contributed by atoms with Crippen molar-refractivity contribution in [3.05, 3.63) is 48.5 Å². The minimum Gasteiger partial charge on any atom is -0.497 e. The zero-order chi connectivity index (χ0) is 22.1. The van der Waals surface area contributed by atoms with E-state index in [4.69, 9.17) is 19.3 Å². The minimum absolute atomic E-state index is 0.0724. The van der Waals surface area contributed by atoms with Gasteiger partial charge in [-0.3, -0.25) is 9.59 Å². The number of anilines is 1. The van der Waals surface area contributed by atoms with Crippen molar-refractivity contribution in [1.82, 2.24) is 0 Å². The fourth-order valence-electron chi connectivity index (χ4n) is 2.36. The van der Waals surface area contributed by atoms with E-state index < -0.39 is 28.0 Å². The molecule has 162 valence electrons. The topological polar surface area (TPSA) is 134 Å². The Morgan fingerprint density at radius 1 is 1.03 bits per heavy atom. The van der Waals surface area contributed by atoms with Gasteiger partial charge >= 0.3 is 5.97 Å². The van der Waals surface area contributed by atoms with E-state index in [2.05, 4.69) is 5.32 Å². The number of amides is 1. The van der Waals surface area contributed by atoms with Crippen molar-refractivity contribution in [2.45, 2.75) is 30.8 Å². The molecule has 0 aromatic heterocycles. The van der Waals surface area contributed by atoms with Gasteiger partial charge in [-0.1, -0.05) is 0 Å². The lowest BCUT2D eigenvalue weighted by Crippen LogP contribution is -2.30. The Balaban J connectivity index is 1.71. The highest BCUT2D eigenvalue weighted by Crippen LogP contribution is 2.17. The second kappa shape index (κ2) is 10.6. The number of nitrogens with two attached hydrogens (primary N) is 1. The van der Waals surface area contributed by atoms with Gasteiger partial charge in [0.1, 0.15) is 11.5 Å². The molecule has 2 aromatic carbocycles. The van der Waals surface area contributed by atoms with Crippen LogP contribution in [-0.4, -0.2) is 40.1 Å². The number of primary sulfonamides is 1. The number of rotatable bonds is 10. The molecule has 0 radical (unpaired) electrons. The number of hydrogen-bond donors (Lipinski definition) is 2. The van der Waals surface area contributed by atoms with Gasteiger partial charge in [-0.25, -0.2) is 13.6 Å². The van der Waals surface area contributed by atoms with E-state index in [0.717, 1.165) is 5.75 Å². The average Bonchev–Trinajstić information content (AvgIpc) is 2.71. The predicted octanol–water partition coefficient (Wildman–Crippen LogP) is 2.07. The fourth-order valence-corrected chi connectivity index (χ4v) is 2.88. The van der Waals surface area contributed by atoms with Crippen LogP contribution in [0.25, 0.3) is 0 Å². The van der Waals surface area contributed by atoms with Crippen LogP contribution in [0.5, 0.6) is 11.5 Å². The first-order valence-electron chi connectivity index (χ1n) is 9.09. The molecule has 0 aliphatic carbocycles. The fraction of sp³-hybridized carbons (Fsp3) is 0.300. The standard InChI is InChI=1S/C20H24N2O7S/c1-14(20(24)22-15-5-11-18(12-6-15)30(21,25)26)29-19(23)4-3-13-28-17-9-7-16(27-2)8-10-17/h5-12,14H,3-4,13H2,1-2H3,(H,22,24)(H2,21,25,26)/t14-/m1/s1. The van der Waals surface area contributed by atoms with E-state index in [1.807, 2.05) is 0 Å². The molecule has 1 amide bonds. The number of carbonyl (C=O) groups excluding carboxylic acids is 2. The van der Waals surface area contributed by atoms with Crippen LogP contribution >= 0.6 is 0 Å². The molecule has 10 heteroatoms. The van der Waals surface area contributed by atoms with Crippen LogP contribution < -0.4 is 19.9 Å². The van der Waals surface area contributed by atoms with E-state index in [1.54, 1.807) is 31.4 Å². The molecule has 30 heavy (non-hydrogen) atoms. The molecule has 2 aromatic rings. The first-order valence-corrected chi connectivity index (χ1v) is 10.6. The van der Waals surface area contributed by atoms with Gasteiger partial charge in [0.05, 0.1) is 18.6 Å². The summed E-state index contributed by atoms with van der Waals surface area (Å²) in [5.74, 6) is 0.311. The Kier molecular flexibility index (Phi) is 8.19. The number of esters is 1. The summed E-state index contributed by atoms with van der Waals surface area (Å²) in [6.07, 6.45) is -0.497. The molecule has 0 fully saturated rings. The van der Waals surface area contributed by atoms with Crippen molar-refractivity contribution in [1.29, 1.82) is 0 Å². The van der Waals surface area contributed by atoms with Crippen molar-refractivity contribution < 1.29 is 32.2 Å². The highest BCUT2D eigenvalue weighted by molar-refractivity contribution is 7.89. The van der Waals surface area contributed by atoms with Gasteiger partial charge in [-0.05, 0) is 61.9 Å². The third-order valence-electron chi connectivity index (χ3n) is 3.98. The minimum atomic E-state index is -3.81. The second-order valence-corrected chi connectivity index (χ2v) is 7.88. The van der Waals surface area contributed by atoms with Gasteiger partial charge in [0, 0.05) is 12.1 Å². The summed E-state index contributed by atoms with van der Waals surface area (Å²) in [4.78, 5) is 24.0. The van der Waals surface area contributed by atoms with E-state index >= 15 is 0 Å². The number of methoxy groups -OCH3 is 1. The Bertz CT molecular complexity index is 958. The summed E-state index contributed by atoms with van der Waals surface area (Å²) in [6.45, 7) is 1.76. The van der Waals surface area contributed by atoms with Crippen molar-refractivity contribution in [3.63, 3.8) is 0 Å². The molecule has 0 aliphatic rings. The van der Waals surface area contributed by atoms with E-state index in [1.165, 1.54) is 31.2 Å². The summed E-state index contributed by atoms with van der Waals surface area (Å²) in [6, 6.07) is 12.4. The predicted molar refractivity (Wildman–Crippen MR) is 110 cm³/mol. The number of hydrogen-bond acceptors (Lipinski definition) is 7. The molecule has 3 N–H and O–H groups in total. The number of carbonyl (C=O) groups is 2. The summed E-state index contributed by atoms with van der Waals surface area (Å²) >= 11 is 0. The molecule has 0 spiro atoms. The lowest BCUT2D eigenvalue weighted by molar-refractivity contribution is -0.153. The summed E-state index contributed by atoms with van der Waals surface area (Å²) in [5, 5.41) is 7.56. The Morgan fingerprint density at radius 2 is 1.63 bits per heavy atom. The smallest absolute Gasteiger partial charge is 0.306 e. The van der Waals surface area contributed by atoms with Gasteiger partial charge in [0.25, 0.3) is 5.91 Å². The molecule has 0 aliphatic heterocycles. The average molecular weight is 436 g/mol. The lowest BCUT2D eigenvalue weighted by Gasteiger charge is -2.14. The number of benzene rings is 2. The number of ether oxygens (including phenoxy) is 3. The first-order chi connectivity index (χ1) is 14.2. The van der Waals surface area contributed by atoms with E-state index in [9.17, 15) is 18.0 Å². The molecule has 1 atom stereocenters. The molecule has 2 rings (SSSR count). The van der Waals surface area contributed by atoms with Crippen LogP contribution in [0.3, 0.4) is 0 Å². The maximum atomic E-state index is 12.1. The second-order valence-electron chi connectivity index (χ2n) is 6.32. The monoisotopic (exact) mass is 436 g/mol. The summed E-state index contributed by atoms with van der Waals surface area (Å²) in [7, 11) is -2.23. The van der Waals surface area contributed by atoms with Gasteiger partial charge in [0.15, 0.2) is 6.10 Å². The van der Waals surface area contributed by atoms with Gasteiger partial charge in [0.2, 0.25) is 10.0 Å². The highest BCUT2D eigenvalue weighted by Gasteiger charge is 2.18. The SMILES string of the molecule is COc1ccc(OCCCC(=O)O[C@H](C)C(=O)Nc2ccc(S(N)(=O)=O)cc2)cc1. The Labute approximate surface area is 175 Å². The van der Waals surface area contributed by atoms with E-state index in [-0.39, 0.29) is 11.3 Å². The lowest BCUT2D eigenvalue weighted by atomic mass is 10.3. The van der Waals surface area contributed by atoms with Crippen LogP contribution in [0.15, 0.2) is 53.4 Å². The largest absolute Gasteiger partial charge is 0.497 e. The molecule has 0 bridgehead atoms. The maximum absolute atomic E-state index is 12.1. The van der Waals surface area contributed by atoms with Gasteiger partial charge in [-0.2, -0.15) is 0 Å². The van der Waals surface area contributed by atoms with E-state index in [0.29, 0.717) is 24.5 Å². The number of sulfonamides is 1. The normalized spacial score (nSPS) is 12.0. The van der Waals surface area contributed by atoms with Crippen LogP contribution in [0.2, 0.25) is 0 Å². The third kappa shape index (κ3) is 7.37. The quantitative estimate of drug-likeness (QED) is 0.430. The van der Waals surface area contributed by atoms with Crippen LogP contribution in [0.4, 0.5) is 5.69 Å². The van der Waals surface area contributed by atoms with Crippen molar-refractivity contribution in [2.24, 2.45) is 5.14 Å². The molecule has 0 saturated heterocycles. The first kappa shape index (κ1) is 23.2. The van der Waals surface area contributed by atoms with Crippen LogP contribution in [-0.2, 0) is 24.3 Å².